The second-order valence-electron chi connectivity index (χ2n) is 12.3. The van der Waals surface area contributed by atoms with Crippen molar-refractivity contribution in [2.45, 2.75) is 78.1 Å². The van der Waals surface area contributed by atoms with Crippen molar-refractivity contribution in [3.05, 3.63) is 11.8 Å². The van der Waals surface area contributed by atoms with Crippen LogP contribution in [0, 0.1) is 70.0 Å². The molecule has 174 valence electrons. The van der Waals surface area contributed by atoms with E-state index in [4.69, 9.17) is 11.0 Å². The summed E-state index contributed by atoms with van der Waals surface area (Å²) in [7, 11) is 0. The van der Waals surface area contributed by atoms with Gasteiger partial charge in [0.25, 0.3) is 0 Å². The predicted octanol–water partition coefficient (Wildman–Crippen LogP) is 5.53. The molecule has 0 aromatic carbocycles. The van der Waals surface area contributed by atoms with E-state index >= 15 is 0 Å². The van der Waals surface area contributed by atoms with E-state index in [1.54, 1.807) is 0 Å². The largest absolute Gasteiger partial charge is 0.390 e. The summed E-state index contributed by atoms with van der Waals surface area (Å²) in [6.07, 6.45) is 16.7. The zero-order valence-corrected chi connectivity index (χ0v) is 20.0. The quantitative estimate of drug-likeness (QED) is 0.455. The van der Waals surface area contributed by atoms with Crippen molar-refractivity contribution in [3.8, 4) is 6.07 Å². The van der Waals surface area contributed by atoms with Gasteiger partial charge in [-0.3, -0.25) is 9.79 Å². The molecule has 4 nitrogen and oxygen atoms in total. The summed E-state index contributed by atoms with van der Waals surface area (Å²) in [5.41, 5.74) is 5.82. The van der Waals surface area contributed by atoms with Crippen molar-refractivity contribution < 1.29 is 4.79 Å². The molecule has 9 unspecified atom stereocenters. The summed E-state index contributed by atoms with van der Waals surface area (Å²) >= 11 is 0. The Morgan fingerprint density at radius 2 is 1.78 bits per heavy atom. The van der Waals surface area contributed by atoms with Gasteiger partial charge in [-0.1, -0.05) is 20.3 Å². The fourth-order valence-corrected chi connectivity index (χ4v) is 9.20. The minimum Gasteiger partial charge on any atom is -0.390 e. The number of carbonyl (C=O) groups excluding carboxylic acids is 1. The summed E-state index contributed by atoms with van der Waals surface area (Å²) in [4.78, 5) is 17.7. The van der Waals surface area contributed by atoms with Crippen molar-refractivity contribution in [1.29, 1.82) is 5.26 Å². The molecule has 0 aliphatic heterocycles. The Kier molecular flexibility index (Phi) is 5.97. The number of nitriles is 1. The highest BCUT2D eigenvalue weighted by Crippen LogP contribution is 2.69. The molecule has 9 atom stereocenters. The Morgan fingerprint density at radius 3 is 2.53 bits per heavy atom. The van der Waals surface area contributed by atoms with Gasteiger partial charge in [-0.25, -0.2) is 0 Å². The molecular formula is C28H41N3O. The minimum atomic E-state index is 0.133. The molecule has 0 aromatic heterocycles. The third-order valence-corrected chi connectivity index (χ3v) is 10.6. The molecule has 0 saturated heterocycles. The Bertz CT molecular complexity index is 836. The molecule has 0 amide bonds. The van der Waals surface area contributed by atoms with Crippen LogP contribution in [0.2, 0.25) is 0 Å². The predicted molar refractivity (Wildman–Crippen MR) is 128 cm³/mol. The van der Waals surface area contributed by atoms with Crippen molar-refractivity contribution in [3.63, 3.8) is 0 Å². The van der Waals surface area contributed by atoms with E-state index in [0.717, 1.165) is 53.8 Å². The van der Waals surface area contributed by atoms with Crippen LogP contribution in [0.25, 0.3) is 0 Å². The fourth-order valence-electron chi connectivity index (χ4n) is 9.20. The van der Waals surface area contributed by atoms with Gasteiger partial charge in [0.2, 0.25) is 0 Å². The minimum absolute atomic E-state index is 0.133. The van der Waals surface area contributed by atoms with Crippen molar-refractivity contribution >= 4 is 12.0 Å². The smallest absolute Gasteiger partial charge is 0.157 e. The number of aliphatic imine (C=N–C) groups is 1. The van der Waals surface area contributed by atoms with Crippen LogP contribution in [0.4, 0.5) is 0 Å². The Morgan fingerprint density at radius 1 is 1.03 bits per heavy atom. The maximum atomic E-state index is 13.4. The van der Waals surface area contributed by atoms with Crippen molar-refractivity contribution in [2.75, 3.05) is 6.54 Å². The van der Waals surface area contributed by atoms with Gasteiger partial charge >= 0.3 is 0 Å². The molecule has 5 saturated carbocycles. The van der Waals surface area contributed by atoms with E-state index in [1.807, 2.05) is 6.07 Å². The van der Waals surface area contributed by atoms with Gasteiger partial charge in [-0.05, 0) is 117 Å². The number of nitrogens with zero attached hydrogens (tertiary/aromatic N) is 2. The molecule has 0 heterocycles. The van der Waals surface area contributed by atoms with E-state index in [9.17, 15) is 4.79 Å². The fraction of sp³-hybridized carbons (Fsp3) is 0.821. The number of carbonyl (C=O) groups is 1. The highest BCUT2D eigenvalue weighted by molar-refractivity contribution is 5.86. The molecule has 32 heavy (non-hydrogen) atoms. The van der Waals surface area contributed by atoms with Gasteiger partial charge in [0, 0.05) is 12.1 Å². The van der Waals surface area contributed by atoms with E-state index in [0.29, 0.717) is 5.78 Å². The molecule has 0 radical (unpaired) electrons. The second kappa shape index (κ2) is 8.62. The number of hydrogen-bond donors (Lipinski definition) is 1. The van der Waals surface area contributed by atoms with E-state index in [-0.39, 0.29) is 23.6 Å². The van der Waals surface area contributed by atoms with E-state index in [1.165, 1.54) is 70.1 Å². The Hall–Kier alpha value is -1.63. The number of rotatable bonds is 5. The monoisotopic (exact) mass is 435 g/mol. The number of nitrogens with two attached hydrogens (primary N) is 1. The first kappa shape index (κ1) is 22.2. The summed E-state index contributed by atoms with van der Waals surface area (Å²) in [5.74, 6) is 7.52. The summed E-state index contributed by atoms with van der Waals surface area (Å²) < 4.78 is 0. The molecule has 0 aromatic rings. The zero-order chi connectivity index (χ0) is 22.5. The van der Waals surface area contributed by atoms with Gasteiger partial charge < -0.3 is 5.73 Å². The molecular weight excluding hydrogens is 394 g/mol. The van der Waals surface area contributed by atoms with E-state index < -0.39 is 0 Å². The molecule has 5 rings (SSSR count). The number of allylic oxidation sites excluding steroid dienone is 2. The second-order valence-corrected chi connectivity index (χ2v) is 12.3. The van der Waals surface area contributed by atoms with Crippen LogP contribution in [-0.4, -0.2) is 18.5 Å². The average molecular weight is 436 g/mol. The van der Waals surface area contributed by atoms with Crippen LogP contribution in [0.5, 0.6) is 0 Å². The summed E-state index contributed by atoms with van der Waals surface area (Å²) in [5, 5.41) is 8.77. The number of fused-ring (bicyclic) bond motifs is 5. The molecule has 5 aliphatic carbocycles. The number of hydrogen-bond acceptors (Lipinski definition) is 4. The van der Waals surface area contributed by atoms with Crippen LogP contribution in [0.15, 0.2) is 16.8 Å². The van der Waals surface area contributed by atoms with E-state index in [2.05, 4.69) is 18.8 Å². The maximum absolute atomic E-state index is 13.4. The first-order chi connectivity index (χ1) is 15.4. The summed E-state index contributed by atoms with van der Waals surface area (Å²) in [6, 6.07) is 1.89. The van der Waals surface area contributed by atoms with Crippen LogP contribution < -0.4 is 5.73 Å². The Balaban J connectivity index is 1.35. The molecule has 5 aliphatic rings. The Labute approximate surface area is 194 Å². The molecule has 0 bridgehead atoms. The maximum Gasteiger partial charge on any atom is 0.157 e. The van der Waals surface area contributed by atoms with Crippen molar-refractivity contribution in [2.24, 2.45) is 69.4 Å². The topological polar surface area (TPSA) is 79.2 Å². The third-order valence-electron chi connectivity index (χ3n) is 10.6. The first-order valence-corrected chi connectivity index (χ1v) is 13.3. The number of Topliss-reactive ketones (excluding diaryl/α,β-unsaturated/α-hetero) is 1. The molecule has 2 N–H and O–H groups in total. The van der Waals surface area contributed by atoms with Gasteiger partial charge in [0.1, 0.15) is 11.8 Å². The highest BCUT2D eigenvalue weighted by Gasteiger charge is 2.63. The molecule has 5 fully saturated rings. The normalized spacial score (nSPS) is 46.2. The van der Waals surface area contributed by atoms with Crippen LogP contribution >= 0.6 is 0 Å². The average Bonchev–Trinajstić information content (AvgIpc) is 3.57. The first-order valence-electron chi connectivity index (χ1n) is 13.3. The molecule has 4 heteroatoms. The lowest BCUT2D eigenvalue weighted by Crippen LogP contribution is -2.50. The lowest BCUT2D eigenvalue weighted by atomic mass is 9.48. The van der Waals surface area contributed by atoms with Crippen molar-refractivity contribution in [1.82, 2.24) is 0 Å². The summed E-state index contributed by atoms with van der Waals surface area (Å²) in [6.45, 7) is 5.17. The molecule has 0 spiro atoms. The SMILES string of the molecule is CC1CCC2C(CCC3C2CCC2(C)C(C(=O)CN=CC=C(N)C#N)CC(C4CC4)C32)C1. The van der Waals surface area contributed by atoms with Crippen LogP contribution in [0.1, 0.15) is 78.1 Å². The van der Waals surface area contributed by atoms with Crippen LogP contribution in [-0.2, 0) is 4.79 Å². The highest BCUT2D eigenvalue weighted by atomic mass is 16.1. The van der Waals surface area contributed by atoms with Gasteiger partial charge in [-0.15, -0.1) is 0 Å². The number of ketones is 1. The van der Waals surface area contributed by atoms with Gasteiger partial charge in [0.05, 0.1) is 6.54 Å². The zero-order valence-electron chi connectivity index (χ0n) is 20.0. The van der Waals surface area contributed by atoms with Gasteiger partial charge in [0.15, 0.2) is 5.78 Å². The van der Waals surface area contributed by atoms with Gasteiger partial charge in [-0.2, -0.15) is 5.26 Å². The lowest BCUT2D eigenvalue weighted by Gasteiger charge is -2.57. The lowest BCUT2D eigenvalue weighted by molar-refractivity contribution is -0.129. The third kappa shape index (κ3) is 3.84. The standard InChI is InChI=1S/C28H41N3O/c1-17-3-7-21-19(13-17)6-8-23-22(21)9-11-28(2)25(14-24(27(23)28)18-4-5-18)26(32)16-31-12-10-20(30)15-29/h10,12,17-19,21-25,27H,3-9,11,13-14,16,30H2,1-2H3. The van der Waals surface area contributed by atoms with Crippen LogP contribution in [0.3, 0.4) is 0 Å².